The van der Waals surface area contributed by atoms with Crippen LogP contribution in [-0.2, 0) is 4.79 Å². The van der Waals surface area contributed by atoms with Gasteiger partial charge in [-0.2, -0.15) is 0 Å². The molecule has 3 saturated carbocycles. The number of ketones is 1. The molecule has 23 heavy (non-hydrogen) atoms. The second-order valence-corrected chi connectivity index (χ2v) is 9.41. The molecule has 0 heterocycles. The number of carbonyl (C=O) groups excluding carboxylic acids is 1. The second kappa shape index (κ2) is 5.33. The molecule has 4 aliphatic carbocycles. The van der Waals surface area contributed by atoms with Crippen molar-refractivity contribution in [3.8, 4) is 0 Å². The normalized spacial score (nSPS) is 52.4. The zero-order chi connectivity index (χ0) is 16.4. The quantitative estimate of drug-likeness (QED) is 0.723. The Labute approximate surface area is 144 Å². The van der Waals surface area contributed by atoms with E-state index in [-0.39, 0.29) is 16.9 Å². The lowest BCUT2D eigenvalue weighted by Crippen LogP contribution is -2.54. The van der Waals surface area contributed by atoms with Crippen LogP contribution in [0.25, 0.3) is 0 Å². The predicted octanol–water partition coefficient (Wildman–Crippen LogP) is 4.34. The molecule has 0 aliphatic heterocycles. The highest BCUT2D eigenvalue weighted by Gasteiger charge is 2.60. The Hall–Kier alpha value is -0.340. The van der Waals surface area contributed by atoms with Crippen molar-refractivity contribution in [1.29, 1.82) is 0 Å². The summed E-state index contributed by atoms with van der Waals surface area (Å²) in [5.41, 5.74) is 1.66. The van der Waals surface area contributed by atoms with Gasteiger partial charge in [-0.1, -0.05) is 19.4 Å². The highest BCUT2D eigenvalue weighted by atomic mass is 35.5. The van der Waals surface area contributed by atoms with Crippen molar-refractivity contribution < 1.29 is 9.90 Å². The van der Waals surface area contributed by atoms with E-state index in [1.165, 1.54) is 12.0 Å². The molecule has 2 nitrogen and oxygen atoms in total. The maximum absolute atomic E-state index is 11.9. The average Bonchev–Trinajstić information content (AvgIpc) is 2.83. The topological polar surface area (TPSA) is 37.3 Å². The first-order valence-corrected chi connectivity index (χ1v) is 9.91. The average molecular weight is 337 g/mol. The van der Waals surface area contributed by atoms with E-state index in [1.807, 2.05) is 6.08 Å². The van der Waals surface area contributed by atoms with Crippen LogP contribution in [0, 0.1) is 34.5 Å². The minimum Gasteiger partial charge on any atom is -0.393 e. The molecule has 3 fully saturated rings. The van der Waals surface area contributed by atoms with E-state index in [2.05, 4.69) is 13.8 Å². The van der Waals surface area contributed by atoms with Gasteiger partial charge >= 0.3 is 0 Å². The van der Waals surface area contributed by atoms with Crippen molar-refractivity contribution in [2.24, 2.45) is 34.5 Å². The summed E-state index contributed by atoms with van der Waals surface area (Å²) in [6.07, 6.45) is 8.96. The third-order valence-corrected chi connectivity index (χ3v) is 8.68. The molecule has 0 radical (unpaired) electrons. The van der Waals surface area contributed by atoms with Crippen LogP contribution in [-0.4, -0.2) is 22.9 Å². The first-order chi connectivity index (χ1) is 10.9. The van der Waals surface area contributed by atoms with Crippen LogP contribution in [0.3, 0.4) is 0 Å². The van der Waals surface area contributed by atoms with Crippen LogP contribution in [0.5, 0.6) is 0 Å². The molecule has 128 valence electrons. The lowest BCUT2D eigenvalue weighted by atomic mass is 9.45. The Morgan fingerprint density at radius 2 is 2.00 bits per heavy atom. The van der Waals surface area contributed by atoms with Crippen LogP contribution in [0.1, 0.15) is 58.8 Å². The fourth-order valence-corrected chi connectivity index (χ4v) is 7.15. The zero-order valence-electron chi connectivity index (χ0n) is 14.4. The maximum atomic E-state index is 11.9. The summed E-state index contributed by atoms with van der Waals surface area (Å²) in [6.45, 7) is 4.72. The molecular formula is C20H29ClO2. The lowest BCUT2D eigenvalue weighted by Gasteiger charge is -2.60. The van der Waals surface area contributed by atoms with Gasteiger partial charge < -0.3 is 5.11 Å². The molecule has 0 aromatic carbocycles. The van der Waals surface area contributed by atoms with Gasteiger partial charge in [-0.25, -0.2) is 0 Å². The Balaban J connectivity index is 1.75. The van der Waals surface area contributed by atoms with Gasteiger partial charge in [0.1, 0.15) is 0 Å². The first kappa shape index (κ1) is 16.1. The Morgan fingerprint density at radius 3 is 2.74 bits per heavy atom. The number of rotatable bonds is 1. The molecule has 0 saturated heterocycles. The van der Waals surface area contributed by atoms with Crippen molar-refractivity contribution in [1.82, 2.24) is 0 Å². The van der Waals surface area contributed by atoms with Crippen LogP contribution in [0.15, 0.2) is 11.6 Å². The summed E-state index contributed by atoms with van der Waals surface area (Å²) in [7, 11) is 0. The minimum atomic E-state index is -0.137. The number of hydrogen-bond acceptors (Lipinski definition) is 2. The summed E-state index contributed by atoms with van der Waals surface area (Å²) in [5.74, 6) is 3.34. The van der Waals surface area contributed by atoms with E-state index in [9.17, 15) is 9.90 Å². The van der Waals surface area contributed by atoms with Crippen LogP contribution in [0.2, 0.25) is 0 Å². The van der Waals surface area contributed by atoms with E-state index in [4.69, 9.17) is 11.6 Å². The van der Waals surface area contributed by atoms with Gasteiger partial charge in [-0.15, -0.1) is 11.6 Å². The van der Waals surface area contributed by atoms with E-state index in [0.717, 1.165) is 32.1 Å². The molecule has 4 rings (SSSR count). The number of carbonyl (C=O) groups is 1. The van der Waals surface area contributed by atoms with Gasteiger partial charge in [0.2, 0.25) is 0 Å². The third-order valence-electron chi connectivity index (χ3n) is 8.29. The van der Waals surface area contributed by atoms with E-state index in [0.29, 0.717) is 41.8 Å². The Bertz CT molecular complexity index is 556. The molecule has 3 heteroatoms. The summed E-state index contributed by atoms with van der Waals surface area (Å²) in [5, 5.41) is 10.6. The van der Waals surface area contributed by atoms with Crippen molar-refractivity contribution in [2.75, 3.05) is 5.88 Å². The van der Waals surface area contributed by atoms with Gasteiger partial charge in [-0.3, -0.25) is 4.79 Å². The number of aliphatic hydroxyl groups is 1. The minimum absolute atomic E-state index is 0.0908. The molecule has 7 atom stereocenters. The molecule has 4 aliphatic rings. The fourth-order valence-electron chi connectivity index (χ4n) is 6.83. The van der Waals surface area contributed by atoms with E-state index in [1.54, 1.807) is 0 Å². The maximum Gasteiger partial charge on any atom is 0.155 e. The molecule has 0 spiro atoms. The van der Waals surface area contributed by atoms with Crippen LogP contribution >= 0.6 is 11.6 Å². The highest BCUT2D eigenvalue weighted by Crippen LogP contribution is 2.66. The number of aliphatic hydroxyl groups excluding tert-OH is 1. The number of alkyl halides is 1. The van der Waals surface area contributed by atoms with Crippen molar-refractivity contribution in [3.05, 3.63) is 11.6 Å². The van der Waals surface area contributed by atoms with Gasteiger partial charge in [0, 0.05) is 12.3 Å². The first-order valence-electron chi connectivity index (χ1n) is 9.38. The number of allylic oxidation sites excluding steroid dienone is 1. The largest absolute Gasteiger partial charge is 0.393 e. The van der Waals surface area contributed by atoms with Gasteiger partial charge in [0.25, 0.3) is 0 Å². The Kier molecular flexibility index (Phi) is 3.74. The summed E-state index contributed by atoms with van der Waals surface area (Å²) in [6, 6.07) is 0. The fraction of sp³-hybridized carbons (Fsp3) is 0.850. The highest BCUT2D eigenvalue weighted by molar-refractivity contribution is 6.18. The van der Waals surface area contributed by atoms with Crippen molar-refractivity contribution in [3.63, 3.8) is 0 Å². The predicted molar refractivity (Wildman–Crippen MR) is 92.3 cm³/mol. The smallest absolute Gasteiger partial charge is 0.155 e. The molecule has 1 N–H and O–H groups in total. The number of fused-ring (bicyclic) bond motifs is 5. The van der Waals surface area contributed by atoms with E-state index < -0.39 is 0 Å². The molecule has 7 unspecified atom stereocenters. The van der Waals surface area contributed by atoms with Crippen LogP contribution < -0.4 is 0 Å². The summed E-state index contributed by atoms with van der Waals surface area (Å²) < 4.78 is 0. The third kappa shape index (κ3) is 2.13. The van der Waals surface area contributed by atoms with Crippen molar-refractivity contribution in [2.45, 2.75) is 64.9 Å². The molecule has 0 bridgehead atoms. The van der Waals surface area contributed by atoms with Crippen LogP contribution in [0.4, 0.5) is 0 Å². The Morgan fingerprint density at radius 1 is 1.22 bits per heavy atom. The molecular weight excluding hydrogens is 308 g/mol. The molecule has 0 aromatic heterocycles. The summed E-state index contributed by atoms with van der Waals surface area (Å²) >= 11 is 6.41. The van der Waals surface area contributed by atoms with Gasteiger partial charge in [0.05, 0.1) is 6.10 Å². The van der Waals surface area contributed by atoms with Gasteiger partial charge in [0.15, 0.2) is 5.78 Å². The zero-order valence-corrected chi connectivity index (χ0v) is 15.1. The SMILES string of the molecule is CC12CCC(=O)C=C1CC(CCl)C1C2CCC2(C)C(O)CCC12. The summed E-state index contributed by atoms with van der Waals surface area (Å²) in [4.78, 5) is 11.9. The second-order valence-electron chi connectivity index (χ2n) is 9.10. The monoisotopic (exact) mass is 336 g/mol. The number of halogens is 1. The van der Waals surface area contributed by atoms with Gasteiger partial charge in [-0.05, 0) is 79.1 Å². The number of hydrogen-bond donors (Lipinski definition) is 1. The standard InChI is InChI=1S/C20H29ClO2/c1-19-7-5-14(22)10-13(19)9-12(11-21)18-15-3-4-17(23)20(15,2)8-6-16(18)19/h10,12,15-18,23H,3-9,11H2,1-2H3. The van der Waals surface area contributed by atoms with E-state index >= 15 is 0 Å². The molecule has 0 amide bonds. The lowest BCUT2D eigenvalue weighted by molar-refractivity contribution is -0.119. The molecule has 0 aromatic rings. The van der Waals surface area contributed by atoms with Crippen molar-refractivity contribution >= 4 is 17.4 Å².